The minimum atomic E-state index is -1.11. The lowest BCUT2D eigenvalue weighted by Gasteiger charge is -2.09. The monoisotopic (exact) mass is 261 g/mol. The van der Waals surface area contributed by atoms with Gasteiger partial charge in [-0.15, -0.1) is 0 Å². The summed E-state index contributed by atoms with van der Waals surface area (Å²) in [6.07, 6.45) is 0.105. The Hall–Kier alpha value is -2.30. The maximum atomic E-state index is 10.9. The molecule has 0 saturated heterocycles. The van der Waals surface area contributed by atoms with E-state index in [1.165, 1.54) is 0 Å². The zero-order valence-corrected chi connectivity index (χ0v) is 11.0. The van der Waals surface area contributed by atoms with E-state index in [2.05, 4.69) is 4.98 Å². The fourth-order valence-corrected chi connectivity index (χ4v) is 1.67. The second-order valence-electron chi connectivity index (χ2n) is 4.43. The summed E-state index contributed by atoms with van der Waals surface area (Å²) in [5.74, 6) is -0.194. The molecule has 0 aliphatic carbocycles. The first kappa shape index (κ1) is 13.1. The van der Waals surface area contributed by atoms with E-state index >= 15 is 0 Å². The number of rotatable bonds is 4. The van der Waals surface area contributed by atoms with Gasteiger partial charge in [0.05, 0.1) is 11.8 Å². The van der Waals surface area contributed by atoms with E-state index in [-0.39, 0.29) is 11.9 Å². The molecule has 2 rings (SSSR count). The average molecular weight is 261 g/mol. The summed E-state index contributed by atoms with van der Waals surface area (Å²) in [5, 5.41) is 8.92. The first-order chi connectivity index (χ1) is 8.97. The van der Waals surface area contributed by atoms with Crippen molar-refractivity contribution >= 4 is 5.97 Å². The number of nitrogens with zero attached hydrogens (tertiary/aromatic N) is 1. The predicted molar refractivity (Wildman–Crippen MR) is 69.4 cm³/mol. The maximum Gasteiger partial charge on any atom is 0.373 e. The molecule has 5 nitrogen and oxygen atoms in total. The van der Waals surface area contributed by atoms with Crippen LogP contribution in [0.4, 0.5) is 0 Å². The van der Waals surface area contributed by atoms with Crippen LogP contribution >= 0.6 is 0 Å². The van der Waals surface area contributed by atoms with Crippen molar-refractivity contribution in [2.75, 3.05) is 0 Å². The second-order valence-corrected chi connectivity index (χ2v) is 4.43. The number of carboxylic acid groups (broad SMARTS) is 1. The number of carbonyl (C=O) groups is 1. The minimum Gasteiger partial charge on any atom is -0.491 e. The molecule has 0 atom stereocenters. The summed E-state index contributed by atoms with van der Waals surface area (Å²) in [4.78, 5) is 15.0. The van der Waals surface area contributed by atoms with Crippen LogP contribution in [0.1, 0.15) is 30.1 Å². The van der Waals surface area contributed by atoms with E-state index < -0.39 is 5.97 Å². The van der Waals surface area contributed by atoms with Gasteiger partial charge in [0, 0.05) is 5.56 Å². The molecule has 0 bridgehead atoms. The number of hydrogen-bond donors (Lipinski definition) is 1. The molecule has 1 heterocycles. The van der Waals surface area contributed by atoms with Crippen LogP contribution in [0, 0.1) is 6.92 Å². The van der Waals surface area contributed by atoms with Crippen LogP contribution in [0.5, 0.6) is 5.75 Å². The number of benzene rings is 1. The predicted octanol–water partition coefficient (Wildman–Crippen LogP) is 3.14. The lowest BCUT2D eigenvalue weighted by molar-refractivity contribution is 0.0662. The molecule has 5 heteroatoms. The number of oxazole rings is 1. The Morgan fingerprint density at radius 3 is 2.42 bits per heavy atom. The van der Waals surface area contributed by atoms with Crippen LogP contribution in [0.25, 0.3) is 11.5 Å². The molecule has 2 aromatic rings. The summed E-state index contributed by atoms with van der Waals surface area (Å²) in [6.45, 7) is 5.50. The highest BCUT2D eigenvalue weighted by Gasteiger charge is 2.17. The molecule has 0 radical (unpaired) electrons. The van der Waals surface area contributed by atoms with Gasteiger partial charge < -0.3 is 14.3 Å². The topological polar surface area (TPSA) is 72.6 Å². The molecule has 0 amide bonds. The number of aromatic nitrogens is 1. The maximum absolute atomic E-state index is 10.9. The van der Waals surface area contributed by atoms with Gasteiger partial charge in [-0.1, -0.05) is 0 Å². The van der Waals surface area contributed by atoms with Gasteiger partial charge in [0.1, 0.15) is 5.75 Å². The molecule has 0 spiro atoms. The number of aryl methyl sites for hydroxylation is 1. The highest BCUT2D eigenvalue weighted by molar-refractivity contribution is 5.86. The van der Waals surface area contributed by atoms with Crippen LogP contribution in [-0.4, -0.2) is 22.2 Å². The largest absolute Gasteiger partial charge is 0.491 e. The van der Waals surface area contributed by atoms with Gasteiger partial charge in [0.25, 0.3) is 0 Å². The van der Waals surface area contributed by atoms with Crippen molar-refractivity contribution in [2.24, 2.45) is 0 Å². The lowest BCUT2D eigenvalue weighted by Crippen LogP contribution is -2.05. The molecule has 100 valence electrons. The Balaban J connectivity index is 2.27. The SMILES string of the molecule is Cc1nc(-c2ccc(OC(C)C)cc2)oc1C(=O)O. The van der Waals surface area contributed by atoms with Gasteiger partial charge in [0.2, 0.25) is 11.7 Å². The molecule has 1 N–H and O–H groups in total. The van der Waals surface area contributed by atoms with Gasteiger partial charge in [-0.2, -0.15) is 0 Å². The molecule has 0 fully saturated rings. The lowest BCUT2D eigenvalue weighted by atomic mass is 10.2. The first-order valence-electron chi connectivity index (χ1n) is 5.95. The normalized spacial score (nSPS) is 10.7. The van der Waals surface area contributed by atoms with Crippen LogP contribution in [0.3, 0.4) is 0 Å². The highest BCUT2D eigenvalue weighted by Crippen LogP contribution is 2.24. The van der Waals surface area contributed by atoms with Gasteiger partial charge in [0.15, 0.2) is 0 Å². The van der Waals surface area contributed by atoms with Gasteiger partial charge in [-0.3, -0.25) is 0 Å². The van der Waals surface area contributed by atoms with Gasteiger partial charge in [-0.05, 0) is 45.0 Å². The molecule has 19 heavy (non-hydrogen) atoms. The zero-order valence-electron chi connectivity index (χ0n) is 11.0. The number of ether oxygens (including phenoxy) is 1. The van der Waals surface area contributed by atoms with Crippen LogP contribution in [0.15, 0.2) is 28.7 Å². The quantitative estimate of drug-likeness (QED) is 0.915. The Morgan fingerprint density at radius 1 is 1.32 bits per heavy atom. The van der Waals surface area contributed by atoms with Crippen molar-refractivity contribution in [1.29, 1.82) is 0 Å². The van der Waals surface area contributed by atoms with Crippen molar-refractivity contribution < 1.29 is 19.1 Å². The molecular formula is C14H15NO4. The van der Waals surface area contributed by atoms with Gasteiger partial charge in [-0.25, -0.2) is 9.78 Å². The number of aromatic carboxylic acids is 1. The Labute approximate surface area is 110 Å². The van der Waals surface area contributed by atoms with Crippen LogP contribution in [0.2, 0.25) is 0 Å². The van der Waals surface area contributed by atoms with E-state index in [0.717, 1.165) is 5.75 Å². The Morgan fingerprint density at radius 2 is 1.95 bits per heavy atom. The zero-order chi connectivity index (χ0) is 14.0. The minimum absolute atomic E-state index is 0.105. The molecule has 1 aromatic heterocycles. The molecule has 1 aromatic carbocycles. The summed E-state index contributed by atoms with van der Waals surface area (Å²) in [6, 6.07) is 7.17. The summed E-state index contributed by atoms with van der Waals surface area (Å²) in [5.41, 5.74) is 1.08. The van der Waals surface area contributed by atoms with E-state index in [9.17, 15) is 4.79 Å². The van der Waals surface area contributed by atoms with Crippen LogP contribution in [-0.2, 0) is 0 Å². The molecule has 0 aliphatic rings. The molecule has 0 aliphatic heterocycles. The second kappa shape index (κ2) is 5.14. The molecular weight excluding hydrogens is 246 g/mol. The van der Waals surface area contributed by atoms with E-state index in [1.54, 1.807) is 31.2 Å². The van der Waals surface area contributed by atoms with E-state index in [1.807, 2.05) is 13.8 Å². The summed E-state index contributed by atoms with van der Waals surface area (Å²) < 4.78 is 10.8. The molecule has 0 saturated carbocycles. The Kier molecular flexibility index (Phi) is 3.55. The molecule has 0 unspecified atom stereocenters. The third-order valence-corrected chi connectivity index (χ3v) is 2.46. The van der Waals surface area contributed by atoms with Crippen molar-refractivity contribution in [3.63, 3.8) is 0 Å². The van der Waals surface area contributed by atoms with Crippen LogP contribution < -0.4 is 4.74 Å². The fourth-order valence-electron chi connectivity index (χ4n) is 1.67. The number of hydrogen-bond acceptors (Lipinski definition) is 4. The standard InChI is InChI=1S/C14H15NO4/c1-8(2)18-11-6-4-10(5-7-11)13-15-9(3)12(19-13)14(16)17/h4-8H,1-3H3,(H,16,17). The third-order valence-electron chi connectivity index (χ3n) is 2.46. The Bertz CT molecular complexity index is 584. The fraction of sp³-hybridized carbons (Fsp3) is 0.286. The summed E-state index contributed by atoms with van der Waals surface area (Å²) >= 11 is 0. The van der Waals surface area contributed by atoms with Crippen molar-refractivity contribution in [2.45, 2.75) is 26.9 Å². The van der Waals surface area contributed by atoms with Crippen molar-refractivity contribution in [1.82, 2.24) is 4.98 Å². The van der Waals surface area contributed by atoms with E-state index in [0.29, 0.717) is 17.1 Å². The third kappa shape index (κ3) is 2.93. The smallest absolute Gasteiger partial charge is 0.373 e. The van der Waals surface area contributed by atoms with Crippen molar-refractivity contribution in [3.8, 4) is 17.2 Å². The first-order valence-corrected chi connectivity index (χ1v) is 5.95. The van der Waals surface area contributed by atoms with Crippen molar-refractivity contribution in [3.05, 3.63) is 35.7 Å². The summed E-state index contributed by atoms with van der Waals surface area (Å²) in [7, 11) is 0. The van der Waals surface area contributed by atoms with Gasteiger partial charge >= 0.3 is 5.97 Å². The van der Waals surface area contributed by atoms with E-state index in [4.69, 9.17) is 14.3 Å². The number of carboxylic acids is 1. The highest BCUT2D eigenvalue weighted by atomic mass is 16.5. The average Bonchev–Trinajstić information content (AvgIpc) is 2.71.